The molecule has 0 heterocycles. The van der Waals surface area contributed by atoms with Crippen LogP contribution in [0, 0.1) is 6.92 Å². The standard InChI is InChI=1S/C13H12ClNO.ClH/c1-9-2-5-11(6-3-9)16-13-7-4-10(15)8-12(13)14;/h2-8H,15H2,1H3;1H. The maximum absolute atomic E-state index is 6.01. The van der Waals surface area contributed by atoms with Crippen molar-refractivity contribution in [3.63, 3.8) is 0 Å². The SMILES string of the molecule is Cc1ccc(Oc2ccc(N)cc2Cl)cc1.Cl. The number of anilines is 1. The second-order valence-electron chi connectivity index (χ2n) is 3.60. The maximum atomic E-state index is 6.01. The lowest BCUT2D eigenvalue weighted by molar-refractivity contribution is 0.483. The predicted molar refractivity (Wildman–Crippen MR) is 74.4 cm³/mol. The van der Waals surface area contributed by atoms with Gasteiger partial charge in [-0.05, 0) is 37.3 Å². The minimum Gasteiger partial charge on any atom is -0.456 e. The molecule has 4 heteroatoms. The Kier molecular flexibility index (Phi) is 4.67. The monoisotopic (exact) mass is 269 g/mol. The Morgan fingerprint density at radius 3 is 2.29 bits per heavy atom. The third kappa shape index (κ3) is 3.55. The highest BCUT2D eigenvalue weighted by Crippen LogP contribution is 2.30. The molecule has 0 aliphatic heterocycles. The van der Waals surface area contributed by atoms with Gasteiger partial charge in [0.15, 0.2) is 0 Å². The van der Waals surface area contributed by atoms with Crippen LogP contribution in [0.15, 0.2) is 42.5 Å². The van der Waals surface area contributed by atoms with Crippen molar-refractivity contribution in [1.29, 1.82) is 0 Å². The van der Waals surface area contributed by atoms with Gasteiger partial charge < -0.3 is 10.5 Å². The Labute approximate surface area is 112 Å². The van der Waals surface area contributed by atoms with Crippen molar-refractivity contribution in [3.8, 4) is 11.5 Å². The zero-order chi connectivity index (χ0) is 11.5. The first-order chi connectivity index (χ1) is 7.65. The van der Waals surface area contributed by atoms with Crippen LogP contribution in [0.4, 0.5) is 5.69 Å². The van der Waals surface area contributed by atoms with Crippen LogP contribution in [0.25, 0.3) is 0 Å². The van der Waals surface area contributed by atoms with Gasteiger partial charge in [-0.2, -0.15) is 0 Å². The number of aryl methyl sites for hydroxylation is 1. The van der Waals surface area contributed by atoms with Crippen LogP contribution in [0.1, 0.15) is 5.56 Å². The normalized spacial score (nSPS) is 9.53. The Morgan fingerprint density at radius 1 is 1.06 bits per heavy atom. The summed E-state index contributed by atoms with van der Waals surface area (Å²) in [5, 5.41) is 0.514. The maximum Gasteiger partial charge on any atom is 0.146 e. The molecule has 0 amide bonds. The molecule has 17 heavy (non-hydrogen) atoms. The van der Waals surface area contributed by atoms with Gasteiger partial charge in [0.25, 0.3) is 0 Å². The van der Waals surface area contributed by atoms with Gasteiger partial charge in [-0.1, -0.05) is 29.3 Å². The van der Waals surface area contributed by atoms with Gasteiger partial charge in [0, 0.05) is 5.69 Å². The summed E-state index contributed by atoms with van der Waals surface area (Å²) in [7, 11) is 0. The topological polar surface area (TPSA) is 35.2 Å². The molecular formula is C13H13Cl2NO. The molecule has 0 bridgehead atoms. The summed E-state index contributed by atoms with van der Waals surface area (Å²) in [6, 6.07) is 13.0. The fraction of sp³-hybridized carbons (Fsp3) is 0.0769. The van der Waals surface area contributed by atoms with E-state index in [9.17, 15) is 0 Å². The largest absolute Gasteiger partial charge is 0.456 e. The summed E-state index contributed by atoms with van der Waals surface area (Å²) in [6.45, 7) is 2.03. The smallest absolute Gasteiger partial charge is 0.146 e. The first-order valence-electron chi connectivity index (χ1n) is 4.95. The summed E-state index contributed by atoms with van der Waals surface area (Å²) in [6.07, 6.45) is 0. The minimum absolute atomic E-state index is 0. The summed E-state index contributed by atoms with van der Waals surface area (Å²) in [5.74, 6) is 1.37. The highest BCUT2D eigenvalue weighted by atomic mass is 35.5. The molecule has 2 aromatic rings. The molecule has 2 nitrogen and oxygen atoms in total. The van der Waals surface area contributed by atoms with E-state index in [1.165, 1.54) is 5.56 Å². The molecule has 2 aromatic carbocycles. The van der Waals surface area contributed by atoms with E-state index < -0.39 is 0 Å². The van der Waals surface area contributed by atoms with E-state index >= 15 is 0 Å². The van der Waals surface area contributed by atoms with Gasteiger partial charge in [-0.15, -0.1) is 12.4 Å². The average molecular weight is 270 g/mol. The Balaban J connectivity index is 0.00000144. The molecule has 0 aromatic heterocycles. The zero-order valence-electron chi connectivity index (χ0n) is 9.31. The second kappa shape index (κ2) is 5.80. The van der Waals surface area contributed by atoms with Crippen LogP contribution in [-0.4, -0.2) is 0 Å². The molecule has 0 aliphatic carbocycles. The molecule has 0 aliphatic rings. The highest BCUT2D eigenvalue weighted by molar-refractivity contribution is 6.32. The van der Waals surface area contributed by atoms with Gasteiger partial charge in [-0.3, -0.25) is 0 Å². The lowest BCUT2D eigenvalue weighted by atomic mass is 10.2. The lowest BCUT2D eigenvalue weighted by Gasteiger charge is -2.08. The first kappa shape index (κ1) is 13.7. The van der Waals surface area contributed by atoms with Gasteiger partial charge in [-0.25, -0.2) is 0 Å². The van der Waals surface area contributed by atoms with Gasteiger partial charge in [0.05, 0.1) is 5.02 Å². The summed E-state index contributed by atoms with van der Waals surface area (Å²) in [5.41, 5.74) is 7.42. The highest BCUT2D eigenvalue weighted by Gasteiger charge is 2.03. The van der Waals surface area contributed by atoms with E-state index in [2.05, 4.69) is 0 Å². The number of hydrogen-bond donors (Lipinski definition) is 1. The van der Waals surface area contributed by atoms with Gasteiger partial charge in [0.2, 0.25) is 0 Å². The first-order valence-corrected chi connectivity index (χ1v) is 5.32. The van der Waals surface area contributed by atoms with Gasteiger partial charge >= 0.3 is 0 Å². The number of ether oxygens (including phenoxy) is 1. The van der Waals surface area contributed by atoms with Crippen molar-refractivity contribution in [2.24, 2.45) is 0 Å². The van der Waals surface area contributed by atoms with Crippen LogP contribution in [-0.2, 0) is 0 Å². The number of rotatable bonds is 2. The Bertz CT molecular complexity index is 497. The molecule has 0 atom stereocenters. The van der Waals surface area contributed by atoms with Crippen molar-refractivity contribution in [2.75, 3.05) is 5.73 Å². The Hall–Kier alpha value is -1.38. The molecule has 0 saturated heterocycles. The Morgan fingerprint density at radius 2 is 1.71 bits per heavy atom. The number of benzene rings is 2. The van der Waals surface area contributed by atoms with Crippen LogP contribution in [0.3, 0.4) is 0 Å². The van der Waals surface area contributed by atoms with Crippen molar-refractivity contribution in [2.45, 2.75) is 6.92 Å². The molecule has 2 N–H and O–H groups in total. The summed E-state index contributed by atoms with van der Waals surface area (Å²) in [4.78, 5) is 0. The van der Waals surface area contributed by atoms with E-state index in [0.717, 1.165) is 5.75 Å². The molecule has 0 saturated carbocycles. The number of halogens is 2. The van der Waals surface area contributed by atoms with Crippen molar-refractivity contribution < 1.29 is 4.74 Å². The number of nitrogen functional groups attached to an aromatic ring is 1. The molecule has 0 unspecified atom stereocenters. The molecule has 2 rings (SSSR count). The third-order valence-corrected chi connectivity index (χ3v) is 2.50. The van der Waals surface area contributed by atoms with E-state index in [-0.39, 0.29) is 12.4 Å². The van der Waals surface area contributed by atoms with Crippen LogP contribution in [0.2, 0.25) is 5.02 Å². The van der Waals surface area contributed by atoms with E-state index in [4.69, 9.17) is 22.1 Å². The molecule has 90 valence electrons. The van der Waals surface area contributed by atoms with Crippen LogP contribution < -0.4 is 10.5 Å². The number of nitrogens with two attached hydrogens (primary N) is 1. The fourth-order valence-corrected chi connectivity index (χ4v) is 1.56. The van der Waals surface area contributed by atoms with E-state index in [1.54, 1.807) is 18.2 Å². The average Bonchev–Trinajstić information content (AvgIpc) is 2.25. The van der Waals surface area contributed by atoms with Crippen molar-refractivity contribution >= 4 is 29.7 Å². The quantitative estimate of drug-likeness (QED) is 0.818. The molecule has 0 fully saturated rings. The van der Waals surface area contributed by atoms with Crippen LogP contribution in [0.5, 0.6) is 11.5 Å². The molecular weight excluding hydrogens is 257 g/mol. The van der Waals surface area contributed by atoms with E-state index in [0.29, 0.717) is 16.5 Å². The predicted octanol–water partition coefficient (Wildman–Crippen LogP) is 4.44. The second-order valence-corrected chi connectivity index (χ2v) is 4.01. The summed E-state index contributed by atoms with van der Waals surface area (Å²) < 4.78 is 5.63. The van der Waals surface area contributed by atoms with Crippen molar-refractivity contribution in [3.05, 3.63) is 53.1 Å². The van der Waals surface area contributed by atoms with E-state index in [1.807, 2.05) is 31.2 Å². The third-order valence-electron chi connectivity index (χ3n) is 2.20. The lowest BCUT2D eigenvalue weighted by Crippen LogP contribution is -1.88. The zero-order valence-corrected chi connectivity index (χ0v) is 10.9. The van der Waals surface area contributed by atoms with Crippen LogP contribution >= 0.6 is 24.0 Å². The van der Waals surface area contributed by atoms with Gasteiger partial charge in [0.1, 0.15) is 11.5 Å². The van der Waals surface area contributed by atoms with Crippen molar-refractivity contribution in [1.82, 2.24) is 0 Å². The molecule has 0 radical (unpaired) electrons. The number of hydrogen-bond acceptors (Lipinski definition) is 2. The molecule has 0 spiro atoms. The summed E-state index contributed by atoms with van der Waals surface area (Å²) >= 11 is 6.01. The minimum atomic E-state index is 0. The fourth-order valence-electron chi connectivity index (χ4n) is 1.33.